The summed E-state index contributed by atoms with van der Waals surface area (Å²) in [4.78, 5) is 11.2. The number of fused-ring (bicyclic) bond motifs is 1. The Morgan fingerprint density at radius 2 is 2.25 bits per heavy atom. The van der Waals surface area contributed by atoms with Crippen LogP contribution in [0.3, 0.4) is 0 Å². The highest BCUT2D eigenvalue weighted by molar-refractivity contribution is 7.85. The molecule has 0 radical (unpaired) electrons. The van der Waals surface area contributed by atoms with Gasteiger partial charge < -0.3 is 9.47 Å². The molecular weight excluding hydrogens is 276 g/mol. The summed E-state index contributed by atoms with van der Waals surface area (Å²) in [6.07, 6.45) is 0.940. The molecule has 1 aromatic rings. The van der Waals surface area contributed by atoms with Crippen LogP contribution in [0.5, 0.6) is 0 Å². The molecule has 20 heavy (non-hydrogen) atoms. The third-order valence-corrected chi connectivity index (χ3v) is 5.23. The van der Waals surface area contributed by atoms with Crippen LogP contribution >= 0.6 is 0 Å². The van der Waals surface area contributed by atoms with Gasteiger partial charge in [-0.15, -0.1) is 0 Å². The first-order valence-electron chi connectivity index (χ1n) is 6.75. The van der Waals surface area contributed by atoms with Crippen molar-refractivity contribution in [3.63, 3.8) is 0 Å². The Balaban J connectivity index is 2.00. The van der Waals surface area contributed by atoms with Crippen molar-refractivity contribution in [3.05, 3.63) is 35.4 Å². The number of ether oxygens (including phenoxy) is 2. The van der Waals surface area contributed by atoms with Crippen LogP contribution in [-0.4, -0.2) is 34.9 Å². The third-order valence-electron chi connectivity index (χ3n) is 3.54. The molecule has 1 aromatic carbocycles. The number of carbonyl (C=O) groups excluding carboxylic acids is 1. The van der Waals surface area contributed by atoms with E-state index in [4.69, 9.17) is 4.74 Å². The average molecular weight is 296 g/mol. The molecule has 0 spiro atoms. The number of methoxy groups -OCH3 is 1. The fraction of sp³-hybridized carbons (Fsp3) is 0.533. The third kappa shape index (κ3) is 3.67. The number of esters is 1. The van der Waals surface area contributed by atoms with Crippen LogP contribution in [0.4, 0.5) is 0 Å². The van der Waals surface area contributed by atoms with Crippen LogP contribution in [0.25, 0.3) is 0 Å². The van der Waals surface area contributed by atoms with E-state index in [1.807, 2.05) is 25.1 Å². The van der Waals surface area contributed by atoms with Crippen LogP contribution in [0.2, 0.25) is 0 Å². The van der Waals surface area contributed by atoms with Gasteiger partial charge in [0.05, 0.1) is 32.0 Å². The second-order valence-corrected chi connectivity index (χ2v) is 6.85. The highest BCUT2D eigenvalue weighted by atomic mass is 32.2. The van der Waals surface area contributed by atoms with Crippen molar-refractivity contribution in [2.75, 3.05) is 19.5 Å². The molecule has 0 bridgehead atoms. The monoisotopic (exact) mass is 296 g/mol. The predicted octanol–water partition coefficient (Wildman–Crippen LogP) is 2.00. The summed E-state index contributed by atoms with van der Waals surface area (Å²) in [5.74, 6) is 0.102. The molecule has 3 atom stereocenters. The van der Waals surface area contributed by atoms with Gasteiger partial charge in [-0.1, -0.05) is 31.2 Å². The number of benzene rings is 1. The number of hydrogen-bond donors (Lipinski definition) is 0. The molecule has 0 fully saturated rings. The summed E-state index contributed by atoms with van der Waals surface area (Å²) in [6.45, 7) is 2.46. The Hall–Kier alpha value is -1.20. The van der Waals surface area contributed by atoms with Gasteiger partial charge in [0.1, 0.15) is 0 Å². The maximum absolute atomic E-state index is 12.3. The van der Waals surface area contributed by atoms with E-state index in [1.165, 1.54) is 12.7 Å². The normalized spacial score (nSPS) is 20.8. The highest BCUT2D eigenvalue weighted by Gasteiger charge is 2.25. The van der Waals surface area contributed by atoms with Gasteiger partial charge in [0, 0.05) is 16.0 Å². The first-order chi connectivity index (χ1) is 9.61. The lowest BCUT2D eigenvalue weighted by molar-refractivity contribution is -0.140. The number of rotatable bonds is 5. The topological polar surface area (TPSA) is 52.6 Å². The quantitative estimate of drug-likeness (QED) is 0.780. The van der Waals surface area contributed by atoms with Crippen molar-refractivity contribution in [1.82, 2.24) is 0 Å². The molecule has 3 unspecified atom stereocenters. The summed E-state index contributed by atoms with van der Waals surface area (Å²) < 4.78 is 22.7. The van der Waals surface area contributed by atoms with E-state index in [2.05, 4.69) is 10.8 Å². The van der Waals surface area contributed by atoms with Crippen molar-refractivity contribution in [2.24, 2.45) is 0 Å². The van der Waals surface area contributed by atoms with E-state index in [0.717, 1.165) is 12.0 Å². The predicted molar refractivity (Wildman–Crippen MR) is 77.9 cm³/mol. The molecule has 4 nitrogen and oxygen atoms in total. The van der Waals surface area contributed by atoms with Crippen molar-refractivity contribution in [1.29, 1.82) is 0 Å². The van der Waals surface area contributed by atoms with Crippen molar-refractivity contribution in [3.8, 4) is 0 Å². The van der Waals surface area contributed by atoms with E-state index in [0.29, 0.717) is 12.4 Å². The molecule has 0 saturated heterocycles. The van der Waals surface area contributed by atoms with Gasteiger partial charge >= 0.3 is 5.97 Å². The minimum absolute atomic E-state index is 0.138. The molecule has 5 heteroatoms. The van der Waals surface area contributed by atoms with Gasteiger partial charge in [0.2, 0.25) is 0 Å². The lowest BCUT2D eigenvalue weighted by atomic mass is 9.99. The molecule has 2 rings (SSSR count). The van der Waals surface area contributed by atoms with E-state index in [-0.39, 0.29) is 23.7 Å². The molecule has 110 valence electrons. The molecule has 0 aromatic heterocycles. The molecular formula is C15H20O4S. The van der Waals surface area contributed by atoms with Gasteiger partial charge in [-0.3, -0.25) is 9.00 Å². The largest absolute Gasteiger partial charge is 0.469 e. The second-order valence-electron chi connectivity index (χ2n) is 4.95. The van der Waals surface area contributed by atoms with Gasteiger partial charge in [-0.25, -0.2) is 0 Å². The lowest BCUT2D eigenvalue weighted by Gasteiger charge is -2.26. The highest BCUT2D eigenvalue weighted by Crippen LogP contribution is 2.28. The van der Waals surface area contributed by atoms with Crippen LogP contribution in [0, 0.1) is 0 Å². The van der Waals surface area contributed by atoms with Crippen LogP contribution in [0.15, 0.2) is 24.3 Å². The van der Waals surface area contributed by atoms with Crippen molar-refractivity contribution >= 4 is 16.8 Å². The van der Waals surface area contributed by atoms with E-state index in [1.54, 1.807) is 0 Å². The minimum atomic E-state index is -1.12. The standard InChI is InChI=1S/C15H20O4S/c1-11(9-15(16)18-2)20(17)10-14-13-6-4-3-5-12(13)7-8-19-14/h3-6,11,14H,7-10H2,1-2H3. The Morgan fingerprint density at radius 3 is 3.00 bits per heavy atom. The maximum atomic E-state index is 12.3. The maximum Gasteiger partial charge on any atom is 0.306 e. The Labute approximate surface area is 121 Å². The van der Waals surface area contributed by atoms with Gasteiger partial charge in [0.25, 0.3) is 0 Å². The fourth-order valence-electron chi connectivity index (χ4n) is 2.34. The summed E-state index contributed by atoms with van der Waals surface area (Å²) in [5, 5.41) is -0.222. The van der Waals surface area contributed by atoms with Gasteiger partial charge in [0.15, 0.2) is 0 Å². The summed E-state index contributed by atoms with van der Waals surface area (Å²) in [6, 6.07) is 8.10. The summed E-state index contributed by atoms with van der Waals surface area (Å²) in [7, 11) is 0.228. The smallest absolute Gasteiger partial charge is 0.306 e. The van der Waals surface area contributed by atoms with Crippen LogP contribution in [-0.2, 0) is 31.5 Å². The first kappa shape index (κ1) is 15.2. The molecule has 0 amide bonds. The van der Waals surface area contributed by atoms with Crippen LogP contribution < -0.4 is 0 Å². The van der Waals surface area contributed by atoms with E-state index >= 15 is 0 Å². The number of carbonyl (C=O) groups is 1. The van der Waals surface area contributed by atoms with Gasteiger partial charge in [-0.2, -0.15) is 0 Å². The van der Waals surface area contributed by atoms with Crippen molar-refractivity contribution < 1.29 is 18.5 Å². The van der Waals surface area contributed by atoms with Crippen molar-refractivity contribution in [2.45, 2.75) is 31.1 Å². The zero-order valence-electron chi connectivity index (χ0n) is 11.8. The molecule has 1 heterocycles. The number of hydrogen-bond acceptors (Lipinski definition) is 4. The van der Waals surface area contributed by atoms with Gasteiger partial charge in [-0.05, 0) is 17.5 Å². The Morgan fingerprint density at radius 1 is 1.50 bits per heavy atom. The van der Waals surface area contributed by atoms with E-state index < -0.39 is 10.8 Å². The summed E-state index contributed by atoms with van der Waals surface area (Å²) >= 11 is 0. The Kier molecular flexibility index (Phi) is 5.31. The van der Waals surface area contributed by atoms with Crippen LogP contribution in [0.1, 0.15) is 30.6 Å². The second kappa shape index (κ2) is 6.99. The molecule has 0 saturated carbocycles. The minimum Gasteiger partial charge on any atom is -0.469 e. The average Bonchev–Trinajstić information content (AvgIpc) is 2.47. The fourth-order valence-corrected chi connectivity index (χ4v) is 3.56. The Bertz CT molecular complexity index is 500. The molecule has 0 N–H and O–H groups in total. The molecule has 1 aliphatic rings. The van der Waals surface area contributed by atoms with E-state index in [9.17, 15) is 9.00 Å². The zero-order valence-corrected chi connectivity index (χ0v) is 12.7. The lowest BCUT2D eigenvalue weighted by Crippen LogP contribution is -2.26. The zero-order chi connectivity index (χ0) is 14.5. The first-order valence-corrected chi connectivity index (χ1v) is 8.13. The molecule has 0 aliphatic carbocycles. The molecule has 1 aliphatic heterocycles. The SMILES string of the molecule is COC(=O)CC(C)S(=O)CC1OCCc2ccccc21. The summed E-state index contributed by atoms with van der Waals surface area (Å²) in [5.41, 5.74) is 2.39.